The molecule has 0 spiro atoms. The number of imidazole rings is 1. The molecule has 0 saturated carbocycles. The van der Waals surface area contributed by atoms with Gasteiger partial charge in [0.15, 0.2) is 17.5 Å². The molecule has 6 heteroatoms. The van der Waals surface area contributed by atoms with Crippen LogP contribution in [-0.4, -0.2) is 29.5 Å². The maximum absolute atomic E-state index is 5.16. The van der Waals surface area contributed by atoms with E-state index in [4.69, 9.17) is 19.9 Å². The lowest BCUT2D eigenvalue weighted by Crippen LogP contribution is -2.03. The number of benzene rings is 8. The normalized spacial score (nSPS) is 11.5. The molecule has 294 valence electrons. The van der Waals surface area contributed by atoms with Crippen molar-refractivity contribution in [2.75, 3.05) is 0 Å². The summed E-state index contributed by atoms with van der Waals surface area (Å²) in [7, 11) is 0. The highest BCUT2D eigenvalue weighted by Gasteiger charge is 2.19. The number of rotatable bonds is 8. The van der Waals surface area contributed by atoms with Gasteiger partial charge in [-0.3, -0.25) is 9.55 Å². The zero-order valence-electron chi connectivity index (χ0n) is 34.3. The molecule has 11 aromatic rings. The van der Waals surface area contributed by atoms with Crippen LogP contribution in [0.1, 0.15) is 25.6 Å². The van der Waals surface area contributed by atoms with Crippen LogP contribution in [0.15, 0.2) is 200 Å². The van der Waals surface area contributed by atoms with E-state index in [0.29, 0.717) is 17.5 Å². The molecule has 0 aliphatic heterocycles. The molecule has 0 bridgehead atoms. The van der Waals surface area contributed by atoms with Crippen molar-refractivity contribution in [2.24, 2.45) is 0 Å². The van der Waals surface area contributed by atoms with Crippen LogP contribution in [0.4, 0.5) is 0 Å². The Morgan fingerprint density at radius 1 is 0.387 bits per heavy atom. The Kier molecular flexibility index (Phi) is 9.24. The third-order valence-corrected chi connectivity index (χ3v) is 11.6. The number of aromatic nitrogens is 6. The summed E-state index contributed by atoms with van der Waals surface area (Å²) in [5.41, 5.74) is 12.3. The highest BCUT2D eigenvalue weighted by Crippen LogP contribution is 2.39. The standard InChI is InChI=1S/C56H40N6/c1-36(2)56-58-51-28-27-44(50-24-10-11-29-57-50)35-52(51)62(56)47-23-13-21-43(32-47)49-34-41-19-9-8-18-40(41)33-48(49)42-20-12-22-45(31-42)54-59-53(38-15-4-3-5-16-38)60-55(61-54)46-26-25-37-14-6-7-17-39(37)30-46/h3-36H,1-2H3. The molecule has 8 aromatic carbocycles. The second-order valence-corrected chi connectivity index (χ2v) is 16.0. The van der Waals surface area contributed by atoms with Gasteiger partial charge in [-0.15, -0.1) is 0 Å². The van der Waals surface area contributed by atoms with E-state index in [-0.39, 0.29) is 5.92 Å². The van der Waals surface area contributed by atoms with Crippen molar-refractivity contribution in [3.63, 3.8) is 0 Å². The predicted octanol–water partition coefficient (Wildman–Crippen LogP) is 14.0. The van der Waals surface area contributed by atoms with Crippen LogP contribution < -0.4 is 0 Å². The zero-order valence-corrected chi connectivity index (χ0v) is 34.3. The van der Waals surface area contributed by atoms with E-state index in [9.17, 15) is 0 Å². The quantitative estimate of drug-likeness (QED) is 0.153. The van der Waals surface area contributed by atoms with E-state index in [1.807, 2.05) is 48.7 Å². The van der Waals surface area contributed by atoms with Crippen molar-refractivity contribution in [3.8, 4) is 73.4 Å². The first-order chi connectivity index (χ1) is 30.5. The van der Waals surface area contributed by atoms with Gasteiger partial charge in [-0.2, -0.15) is 0 Å². The number of pyridine rings is 1. The molecule has 0 aliphatic rings. The molecule has 0 saturated heterocycles. The first-order valence-electron chi connectivity index (χ1n) is 21.0. The van der Waals surface area contributed by atoms with E-state index < -0.39 is 0 Å². The molecule has 62 heavy (non-hydrogen) atoms. The predicted molar refractivity (Wildman–Crippen MR) is 254 cm³/mol. The topological polar surface area (TPSA) is 69.4 Å². The third-order valence-electron chi connectivity index (χ3n) is 11.6. The summed E-state index contributed by atoms with van der Waals surface area (Å²) >= 11 is 0. The first kappa shape index (κ1) is 36.9. The Labute approximate surface area is 359 Å². The van der Waals surface area contributed by atoms with Gasteiger partial charge < -0.3 is 0 Å². The molecule has 0 amide bonds. The first-order valence-corrected chi connectivity index (χ1v) is 21.0. The Bertz CT molecular complexity index is 3450. The molecule has 0 fully saturated rings. The molecule has 3 heterocycles. The van der Waals surface area contributed by atoms with Gasteiger partial charge in [0, 0.05) is 40.1 Å². The van der Waals surface area contributed by atoms with Crippen molar-refractivity contribution in [1.82, 2.24) is 29.5 Å². The summed E-state index contributed by atoms with van der Waals surface area (Å²) in [5.74, 6) is 3.09. The van der Waals surface area contributed by atoms with Crippen LogP contribution in [0.5, 0.6) is 0 Å². The van der Waals surface area contributed by atoms with Crippen LogP contribution in [-0.2, 0) is 0 Å². The van der Waals surface area contributed by atoms with Crippen LogP contribution >= 0.6 is 0 Å². The molecule has 0 radical (unpaired) electrons. The van der Waals surface area contributed by atoms with E-state index in [2.05, 4.69) is 175 Å². The minimum atomic E-state index is 0.197. The molecule has 0 N–H and O–H groups in total. The molecule has 0 aliphatic carbocycles. The van der Waals surface area contributed by atoms with Crippen LogP contribution in [0.25, 0.3) is 106 Å². The number of nitrogens with zero attached hydrogens (tertiary/aromatic N) is 6. The van der Waals surface area contributed by atoms with Gasteiger partial charge in [0.25, 0.3) is 0 Å². The van der Waals surface area contributed by atoms with Gasteiger partial charge in [0.2, 0.25) is 0 Å². The molecule has 11 rings (SSSR count). The van der Waals surface area contributed by atoms with Crippen LogP contribution in [0, 0.1) is 0 Å². The third kappa shape index (κ3) is 6.87. The Balaban J connectivity index is 1.06. The van der Waals surface area contributed by atoms with Gasteiger partial charge in [0.1, 0.15) is 5.82 Å². The van der Waals surface area contributed by atoms with Crippen LogP contribution in [0.2, 0.25) is 0 Å². The van der Waals surface area contributed by atoms with Gasteiger partial charge in [-0.1, -0.05) is 147 Å². The molecular formula is C56H40N6. The van der Waals surface area contributed by atoms with E-state index in [1.165, 1.54) is 16.2 Å². The van der Waals surface area contributed by atoms with Gasteiger partial charge in [0.05, 0.1) is 16.7 Å². The van der Waals surface area contributed by atoms with Crippen molar-refractivity contribution >= 4 is 32.6 Å². The lowest BCUT2D eigenvalue weighted by molar-refractivity contribution is 0.760. The fourth-order valence-electron chi connectivity index (χ4n) is 8.48. The highest BCUT2D eigenvalue weighted by atomic mass is 15.1. The maximum atomic E-state index is 5.16. The smallest absolute Gasteiger partial charge is 0.164 e. The molecule has 3 aromatic heterocycles. The average molecular weight is 797 g/mol. The lowest BCUT2D eigenvalue weighted by atomic mass is 9.90. The summed E-state index contributed by atoms with van der Waals surface area (Å²) in [4.78, 5) is 25.1. The van der Waals surface area contributed by atoms with Crippen molar-refractivity contribution in [1.29, 1.82) is 0 Å². The van der Waals surface area contributed by atoms with Crippen molar-refractivity contribution in [3.05, 3.63) is 206 Å². The Morgan fingerprint density at radius 3 is 1.65 bits per heavy atom. The molecule has 6 nitrogen and oxygen atoms in total. The maximum Gasteiger partial charge on any atom is 0.164 e. The number of fused-ring (bicyclic) bond motifs is 3. The van der Waals surface area contributed by atoms with E-state index >= 15 is 0 Å². The summed E-state index contributed by atoms with van der Waals surface area (Å²) in [6.45, 7) is 4.41. The summed E-state index contributed by atoms with van der Waals surface area (Å²) in [5, 5.41) is 4.65. The largest absolute Gasteiger partial charge is 0.296 e. The second kappa shape index (κ2) is 15.5. The summed E-state index contributed by atoms with van der Waals surface area (Å²) in [6.07, 6.45) is 1.84. The van der Waals surface area contributed by atoms with Crippen LogP contribution in [0.3, 0.4) is 0 Å². The van der Waals surface area contributed by atoms with E-state index in [0.717, 1.165) is 78.1 Å². The fourth-order valence-corrected chi connectivity index (χ4v) is 8.48. The Hall–Kier alpha value is -8.09. The molecule has 0 atom stereocenters. The summed E-state index contributed by atoms with van der Waals surface area (Å²) < 4.78 is 2.31. The van der Waals surface area contributed by atoms with Gasteiger partial charge >= 0.3 is 0 Å². The molecular weight excluding hydrogens is 757 g/mol. The SMILES string of the molecule is CC(C)c1nc2ccc(-c3ccccn3)cc2n1-c1cccc(-c2cc3ccccc3cc2-c2cccc(-c3nc(-c4ccccc4)nc(-c4ccc5ccccc5c4)n3)c2)c1. The molecule has 0 unspecified atom stereocenters. The zero-order chi connectivity index (χ0) is 41.6. The number of hydrogen-bond donors (Lipinski definition) is 0. The monoisotopic (exact) mass is 796 g/mol. The van der Waals surface area contributed by atoms with Crippen molar-refractivity contribution in [2.45, 2.75) is 19.8 Å². The minimum Gasteiger partial charge on any atom is -0.296 e. The average Bonchev–Trinajstić information content (AvgIpc) is 3.73. The lowest BCUT2D eigenvalue weighted by Gasteiger charge is -2.17. The fraction of sp³-hybridized carbons (Fsp3) is 0.0536. The Morgan fingerprint density at radius 2 is 0.952 bits per heavy atom. The number of hydrogen-bond acceptors (Lipinski definition) is 5. The van der Waals surface area contributed by atoms with Gasteiger partial charge in [-0.05, 0) is 104 Å². The summed E-state index contributed by atoms with van der Waals surface area (Å²) in [6, 6.07) is 68.0. The van der Waals surface area contributed by atoms with E-state index in [1.54, 1.807) is 0 Å². The van der Waals surface area contributed by atoms with Gasteiger partial charge in [-0.25, -0.2) is 19.9 Å². The van der Waals surface area contributed by atoms with Crippen molar-refractivity contribution < 1.29 is 0 Å². The second-order valence-electron chi connectivity index (χ2n) is 16.0. The highest BCUT2D eigenvalue weighted by molar-refractivity contribution is 5.97. The minimum absolute atomic E-state index is 0.197.